The zero-order valence-electron chi connectivity index (χ0n) is 23.1. The number of carbonyl (C=O) groups excluding carboxylic acids is 1. The van der Waals surface area contributed by atoms with Gasteiger partial charge in [-0.3, -0.25) is 4.79 Å². The van der Waals surface area contributed by atoms with Gasteiger partial charge in [-0.05, 0) is 82.6 Å². The van der Waals surface area contributed by atoms with Gasteiger partial charge in [-0.25, -0.2) is 0 Å². The van der Waals surface area contributed by atoms with Crippen molar-refractivity contribution in [2.24, 2.45) is 11.8 Å². The van der Waals surface area contributed by atoms with E-state index in [0.717, 1.165) is 19.3 Å². The maximum Gasteiger partial charge on any atom is 1.00 e. The quantitative estimate of drug-likeness (QED) is 0.0603. The van der Waals surface area contributed by atoms with Crippen molar-refractivity contribution in [2.75, 3.05) is 0 Å². The molecule has 0 amide bonds. The average molecular weight is 575 g/mol. The molecule has 1 saturated carbocycles. The van der Waals surface area contributed by atoms with Crippen molar-refractivity contribution in [1.29, 1.82) is 0 Å². The van der Waals surface area contributed by atoms with Crippen molar-refractivity contribution in [1.82, 2.24) is 0 Å². The van der Waals surface area contributed by atoms with Crippen molar-refractivity contribution in [2.45, 2.75) is 96.1 Å². The Hall–Kier alpha value is 0.420. The number of rotatable bonds is 13. The Bertz CT molecular complexity index is 812. The fraction of sp³-hybridized carbons (Fsp3) is 0.654. The van der Waals surface area contributed by atoms with E-state index in [1.54, 1.807) is 0 Å². The minimum atomic E-state index is -5.14. The number of ether oxygens (including phenoxy) is 1. The molecule has 0 heterocycles. The first-order valence-electron chi connectivity index (χ1n) is 12.5. The van der Waals surface area contributed by atoms with Crippen molar-refractivity contribution < 1.29 is 103 Å². The molecule has 1 fully saturated rings. The molecule has 1 aliphatic rings. The van der Waals surface area contributed by atoms with Gasteiger partial charge in [-0.1, -0.05) is 42.5 Å². The Morgan fingerprint density at radius 1 is 1.08 bits per heavy atom. The minimum absolute atomic E-state index is 0. The van der Waals surface area contributed by atoms with Gasteiger partial charge < -0.3 is 39.3 Å². The Morgan fingerprint density at radius 3 is 2.24 bits per heavy atom. The molecule has 1 aliphatic carbocycles. The summed E-state index contributed by atoms with van der Waals surface area (Å²) in [7, 11) is -5.14. The van der Waals surface area contributed by atoms with Crippen LogP contribution in [0.2, 0.25) is 0 Å². The van der Waals surface area contributed by atoms with Gasteiger partial charge in [0, 0.05) is 6.42 Å². The van der Waals surface area contributed by atoms with E-state index in [1.807, 2.05) is 38.1 Å². The Kier molecular flexibility index (Phi) is 23.6. The van der Waals surface area contributed by atoms with E-state index in [9.17, 15) is 20.1 Å². The fourth-order valence-electron chi connectivity index (χ4n) is 4.47. The smallest absolute Gasteiger partial charge is 0.790 e. The molecule has 1 aromatic carbocycles. The van der Waals surface area contributed by atoms with Crippen LogP contribution in [-0.2, 0) is 20.5 Å². The number of carbonyl (C=O) groups is 1. The summed E-state index contributed by atoms with van der Waals surface area (Å²) in [4.78, 5) is 35.8. The molecule has 1 aromatic rings. The van der Waals surface area contributed by atoms with Gasteiger partial charge in [0.05, 0.1) is 32.2 Å². The van der Waals surface area contributed by atoms with Crippen LogP contribution in [0.15, 0.2) is 42.5 Å². The van der Waals surface area contributed by atoms with E-state index >= 15 is 0 Å². The summed E-state index contributed by atoms with van der Waals surface area (Å²) in [6.07, 6.45) is 8.58. The summed E-state index contributed by atoms with van der Waals surface area (Å²) >= 11 is 0. The molecular formula is C26H41Na2O9P. The number of benzene rings is 1. The van der Waals surface area contributed by atoms with Crippen molar-refractivity contribution in [3.8, 4) is 0 Å². The molecule has 12 heteroatoms. The Morgan fingerprint density at radius 2 is 1.66 bits per heavy atom. The monoisotopic (exact) mass is 574 g/mol. The number of unbranched alkanes of at least 4 members (excludes halogenated alkanes) is 1. The summed E-state index contributed by atoms with van der Waals surface area (Å²) < 4.78 is 13.8. The van der Waals surface area contributed by atoms with Gasteiger partial charge in [0.15, 0.2) is 0 Å². The van der Waals surface area contributed by atoms with E-state index < -0.39 is 26.1 Å². The van der Waals surface area contributed by atoms with Crippen molar-refractivity contribution in [3.05, 3.63) is 48.0 Å². The van der Waals surface area contributed by atoms with E-state index in [2.05, 4.69) is 18.2 Å². The van der Waals surface area contributed by atoms with E-state index in [0.29, 0.717) is 38.5 Å². The predicted molar refractivity (Wildman–Crippen MR) is 132 cm³/mol. The van der Waals surface area contributed by atoms with Gasteiger partial charge in [0.1, 0.15) is 0 Å². The summed E-state index contributed by atoms with van der Waals surface area (Å²) in [6.45, 7) is 3.69. The molecule has 38 heavy (non-hydrogen) atoms. The van der Waals surface area contributed by atoms with Crippen LogP contribution in [0.3, 0.4) is 0 Å². The Labute approximate surface area is 270 Å². The number of hydrogen-bond donors (Lipinski definition) is 4. The van der Waals surface area contributed by atoms with Gasteiger partial charge >= 0.3 is 65.1 Å². The number of allylic oxidation sites excluding steroid dienone is 2. The Balaban J connectivity index is 0. The molecule has 0 spiro atoms. The first kappa shape index (κ1) is 40.6. The second-order valence-corrected chi connectivity index (χ2v) is 10.5. The van der Waals surface area contributed by atoms with Crippen molar-refractivity contribution in [3.63, 3.8) is 0 Å². The molecule has 206 valence electrons. The molecule has 2 rings (SSSR count). The molecule has 9 nitrogen and oxygen atoms in total. The molecule has 5 atom stereocenters. The molecule has 4 N–H and O–H groups in total. The molecule has 0 bridgehead atoms. The number of esters is 1. The summed E-state index contributed by atoms with van der Waals surface area (Å²) in [5, 5.41) is 31.2. The average Bonchev–Trinajstić information content (AvgIpc) is 3.04. The van der Waals surface area contributed by atoms with Crippen molar-refractivity contribution >= 4 is 13.8 Å². The zero-order valence-corrected chi connectivity index (χ0v) is 28.0. The third-order valence-corrected chi connectivity index (χ3v) is 6.16. The number of aliphatic hydroxyl groups is 3. The van der Waals surface area contributed by atoms with E-state index in [-0.39, 0.29) is 83.0 Å². The molecular weight excluding hydrogens is 533 g/mol. The molecule has 0 saturated heterocycles. The van der Waals surface area contributed by atoms with Gasteiger partial charge in [0.2, 0.25) is 0 Å². The van der Waals surface area contributed by atoms with Crippen LogP contribution in [0, 0.1) is 11.8 Å². The topological polar surface area (TPSA) is 170 Å². The number of hydrogen-bond acceptors (Lipinski definition) is 8. The van der Waals surface area contributed by atoms with Crippen LogP contribution in [0.25, 0.3) is 0 Å². The largest absolute Gasteiger partial charge is 1.00 e. The second kappa shape index (κ2) is 22.1. The van der Waals surface area contributed by atoms with Gasteiger partial charge in [0.25, 0.3) is 0 Å². The number of aryl methyl sites for hydroxylation is 1. The molecule has 0 unspecified atom stereocenters. The summed E-state index contributed by atoms with van der Waals surface area (Å²) in [6, 6.07) is 10.1. The van der Waals surface area contributed by atoms with Crippen LogP contribution in [0.5, 0.6) is 0 Å². The SMILES string of the molecule is CC(C)OC(=O)CCC/C=C\C[C@@H]1[C@@H](CC[C@@H](O)CCc2ccccc2)[C@H](O)C[C@@H]1O.O=P([O-])([O-])O.[Na+].[Na+]. The van der Waals surface area contributed by atoms with Crippen LogP contribution in [0.1, 0.15) is 70.8 Å². The van der Waals surface area contributed by atoms with Crippen LogP contribution >= 0.6 is 7.82 Å². The van der Waals surface area contributed by atoms with E-state index in [4.69, 9.17) is 24.0 Å². The van der Waals surface area contributed by atoms with Crippen LogP contribution in [0.4, 0.5) is 0 Å². The van der Waals surface area contributed by atoms with Gasteiger partial charge in [-0.2, -0.15) is 0 Å². The third kappa shape index (κ3) is 20.3. The molecule has 0 aromatic heterocycles. The maximum atomic E-state index is 11.5. The third-order valence-electron chi connectivity index (χ3n) is 6.16. The van der Waals surface area contributed by atoms with Gasteiger partial charge in [-0.15, -0.1) is 0 Å². The van der Waals surface area contributed by atoms with Crippen LogP contribution in [-0.4, -0.2) is 50.6 Å². The summed E-state index contributed by atoms with van der Waals surface area (Å²) in [5.74, 6) is -0.144. The zero-order chi connectivity index (χ0) is 27.1. The number of aliphatic hydroxyl groups excluding tert-OH is 3. The normalized spacial score (nSPS) is 21.7. The molecule has 0 aliphatic heterocycles. The minimum Gasteiger partial charge on any atom is -0.790 e. The first-order chi connectivity index (χ1) is 16.9. The summed E-state index contributed by atoms with van der Waals surface area (Å²) in [5.41, 5.74) is 1.22. The number of phosphoric acid groups is 1. The maximum absolute atomic E-state index is 11.5. The first-order valence-corrected chi connectivity index (χ1v) is 14.0. The standard InChI is InChI=1S/C26H40O5.2Na.H3O4P/c1-19(2)31-26(30)13-9-4-3-8-12-22-23(25(29)18-24(22)28)17-16-21(27)15-14-20-10-6-5-7-11-20;;;1-5(2,3)4/h3,5-8,10-11,19,21-25,27-29H,4,9,12-18H2,1-2H3;;;(H3,1,2,3,4)/q;2*+1;/p-2/b8-3-;;;/t21-,22+,23+,24-,25+;;;/m0.../s1. The van der Waals surface area contributed by atoms with E-state index in [1.165, 1.54) is 5.56 Å². The molecule has 0 radical (unpaired) electrons. The fourth-order valence-corrected chi connectivity index (χ4v) is 4.47. The second-order valence-electron chi connectivity index (χ2n) is 9.56. The predicted octanol–water partition coefficient (Wildman–Crippen LogP) is -4.00. The van der Waals surface area contributed by atoms with Crippen LogP contribution < -0.4 is 68.9 Å².